The molecule has 0 saturated heterocycles. The highest BCUT2D eigenvalue weighted by Crippen LogP contribution is 2.23. The van der Waals surface area contributed by atoms with Crippen molar-refractivity contribution in [2.75, 3.05) is 0 Å². The van der Waals surface area contributed by atoms with Gasteiger partial charge in [0.2, 0.25) is 0 Å². The molecule has 1 nitrogen and oxygen atoms in total. The van der Waals surface area contributed by atoms with Crippen LogP contribution in [0.3, 0.4) is 0 Å². The van der Waals surface area contributed by atoms with Crippen molar-refractivity contribution in [3.05, 3.63) is 57.7 Å². The largest absolute Gasteiger partial charge is 0.248 e. The van der Waals surface area contributed by atoms with Gasteiger partial charge in [0.05, 0.1) is 10.0 Å². The Balaban J connectivity index is 1.99. The molecular weight excluding hydrogens is 306 g/mol. The van der Waals surface area contributed by atoms with Crippen LogP contribution in [0.5, 0.6) is 0 Å². The van der Waals surface area contributed by atoms with Gasteiger partial charge in [-0.05, 0) is 29.8 Å². The zero-order valence-corrected chi connectivity index (χ0v) is 11.5. The SMILES string of the molecule is Clc1ccc(SCc2cccc(Br)c2)nc1. The van der Waals surface area contributed by atoms with Gasteiger partial charge in [-0.15, -0.1) is 11.8 Å². The van der Waals surface area contributed by atoms with Crippen LogP contribution in [0.25, 0.3) is 0 Å². The van der Waals surface area contributed by atoms with Crippen molar-refractivity contribution in [1.82, 2.24) is 4.98 Å². The minimum Gasteiger partial charge on any atom is -0.248 e. The highest BCUT2D eigenvalue weighted by atomic mass is 79.9. The Morgan fingerprint density at radius 1 is 1.25 bits per heavy atom. The van der Waals surface area contributed by atoms with Gasteiger partial charge in [0, 0.05) is 16.4 Å². The molecule has 0 aliphatic rings. The van der Waals surface area contributed by atoms with E-state index >= 15 is 0 Å². The van der Waals surface area contributed by atoms with Crippen molar-refractivity contribution < 1.29 is 0 Å². The topological polar surface area (TPSA) is 12.9 Å². The average Bonchev–Trinajstić information content (AvgIpc) is 2.28. The van der Waals surface area contributed by atoms with Gasteiger partial charge in [0.1, 0.15) is 0 Å². The first-order valence-corrected chi connectivity index (χ1v) is 6.88. The summed E-state index contributed by atoms with van der Waals surface area (Å²) in [5.41, 5.74) is 1.27. The molecule has 1 aromatic heterocycles. The number of aromatic nitrogens is 1. The Morgan fingerprint density at radius 2 is 2.12 bits per heavy atom. The van der Waals surface area contributed by atoms with Crippen molar-refractivity contribution in [2.24, 2.45) is 0 Å². The van der Waals surface area contributed by atoms with E-state index in [1.165, 1.54) is 5.56 Å². The van der Waals surface area contributed by atoms with E-state index in [2.05, 4.69) is 33.0 Å². The number of hydrogen-bond donors (Lipinski definition) is 0. The van der Waals surface area contributed by atoms with Crippen LogP contribution in [0, 0.1) is 0 Å². The molecule has 2 aromatic rings. The lowest BCUT2D eigenvalue weighted by Crippen LogP contribution is -1.82. The standard InChI is InChI=1S/C12H9BrClNS/c13-10-3-1-2-9(6-10)8-16-12-5-4-11(14)7-15-12/h1-7H,8H2. The summed E-state index contributed by atoms with van der Waals surface area (Å²) in [5.74, 6) is 0.911. The molecule has 1 aromatic carbocycles. The van der Waals surface area contributed by atoms with Gasteiger partial charge >= 0.3 is 0 Å². The summed E-state index contributed by atoms with van der Waals surface area (Å²) in [6, 6.07) is 12.1. The Hall–Kier alpha value is -0.510. The average molecular weight is 315 g/mol. The molecule has 82 valence electrons. The third-order valence-corrected chi connectivity index (χ3v) is 3.71. The summed E-state index contributed by atoms with van der Waals surface area (Å²) in [4.78, 5) is 4.24. The van der Waals surface area contributed by atoms with Crippen LogP contribution in [-0.4, -0.2) is 4.98 Å². The molecule has 0 unspecified atom stereocenters. The molecule has 4 heteroatoms. The summed E-state index contributed by atoms with van der Waals surface area (Å²) < 4.78 is 1.11. The molecule has 0 atom stereocenters. The second kappa shape index (κ2) is 5.71. The third kappa shape index (κ3) is 3.51. The maximum Gasteiger partial charge on any atom is 0.0964 e. The number of rotatable bonds is 3. The van der Waals surface area contributed by atoms with E-state index in [0.29, 0.717) is 5.02 Å². The Bertz CT molecular complexity index is 473. The van der Waals surface area contributed by atoms with Crippen molar-refractivity contribution in [3.63, 3.8) is 0 Å². The minimum absolute atomic E-state index is 0.673. The van der Waals surface area contributed by atoms with Gasteiger partial charge in [-0.25, -0.2) is 4.98 Å². The highest BCUT2D eigenvalue weighted by Gasteiger charge is 1.98. The van der Waals surface area contributed by atoms with E-state index in [4.69, 9.17) is 11.6 Å². The number of nitrogens with zero attached hydrogens (tertiary/aromatic N) is 1. The van der Waals surface area contributed by atoms with E-state index in [1.807, 2.05) is 24.3 Å². The predicted molar refractivity (Wildman–Crippen MR) is 73.0 cm³/mol. The van der Waals surface area contributed by atoms with Crippen molar-refractivity contribution in [3.8, 4) is 0 Å². The van der Waals surface area contributed by atoms with Crippen LogP contribution >= 0.6 is 39.3 Å². The molecule has 2 rings (SSSR count). The molecule has 0 saturated carbocycles. The Labute approximate surface area is 112 Å². The van der Waals surface area contributed by atoms with E-state index < -0.39 is 0 Å². The molecule has 0 amide bonds. The van der Waals surface area contributed by atoms with E-state index in [-0.39, 0.29) is 0 Å². The van der Waals surface area contributed by atoms with Crippen molar-refractivity contribution in [2.45, 2.75) is 10.8 Å². The fourth-order valence-corrected chi connectivity index (χ4v) is 2.58. The van der Waals surface area contributed by atoms with Gasteiger partial charge in [-0.1, -0.05) is 39.7 Å². The van der Waals surface area contributed by atoms with Gasteiger partial charge < -0.3 is 0 Å². The molecule has 0 bridgehead atoms. The van der Waals surface area contributed by atoms with Crippen LogP contribution in [0.1, 0.15) is 5.56 Å². The lowest BCUT2D eigenvalue weighted by atomic mass is 10.2. The molecule has 0 fully saturated rings. The highest BCUT2D eigenvalue weighted by molar-refractivity contribution is 9.10. The summed E-state index contributed by atoms with van der Waals surface area (Å²) in [6.45, 7) is 0. The first kappa shape index (κ1) is 12.0. The second-order valence-electron chi connectivity index (χ2n) is 3.23. The molecule has 0 aliphatic carbocycles. The number of halogens is 2. The van der Waals surface area contributed by atoms with Crippen molar-refractivity contribution >= 4 is 39.3 Å². The van der Waals surface area contributed by atoms with Crippen LogP contribution < -0.4 is 0 Å². The molecule has 0 radical (unpaired) electrons. The van der Waals surface area contributed by atoms with Gasteiger partial charge in [-0.3, -0.25) is 0 Å². The van der Waals surface area contributed by atoms with Crippen LogP contribution in [0.4, 0.5) is 0 Å². The number of pyridine rings is 1. The normalized spacial score (nSPS) is 10.4. The number of hydrogen-bond acceptors (Lipinski definition) is 2. The van der Waals surface area contributed by atoms with E-state index in [0.717, 1.165) is 15.3 Å². The zero-order valence-electron chi connectivity index (χ0n) is 8.36. The maximum absolute atomic E-state index is 5.77. The molecule has 16 heavy (non-hydrogen) atoms. The van der Waals surface area contributed by atoms with Crippen LogP contribution in [0.2, 0.25) is 5.02 Å². The maximum atomic E-state index is 5.77. The summed E-state index contributed by atoms with van der Waals surface area (Å²) in [7, 11) is 0. The lowest BCUT2D eigenvalue weighted by molar-refractivity contribution is 1.13. The third-order valence-electron chi connectivity index (χ3n) is 1.98. The smallest absolute Gasteiger partial charge is 0.0964 e. The molecular formula is C12H9BrClNS. The van der Waals surface area contributed by atoms with Gasteiger partial charge in [0.15, 0.2) is 0 Å². The first-order chi connectivity index (χ1) is 7.74. The monoisotopic (exact) mass is 313 g/mol. The predicted octanol–water partition coefficient (Wildman–Crippen LogP) is 4.79. The minimum atomic E-state index is 0.673. The van der Waals surface area contributed by atoms with Gasteiger partial charge in [0.25, 0.3) is 0 Å². The Morgan fingerprint density at radius 3 is 2.81 bits per heavy atom. The fraction of sp³-hybridized carbons (Fsp3) is 0.0833. The van der Waals surface area contributed by atoms with Crippen LogP contribution in [0.15, 0.2) is 52.1 Å². The lowest BCUT2D eigenvalue weighted by Gasteiger charge is -2.01. The molecule has 0 N–H and O–H groups in total. The number of thioether (sulfide) groups is 1. The number of benzene rings is 1. The quantitative estimate of drug-likeness (QED) is 0.756. The zero-order chi connectivity index (χ0) is 11.4. The van der Waals surface area contributed by atoms with Crippen LogP contribution in [-0.2, 0) is 5.75 Å². The molecule has 0 spiro atoms. The fourth-order valence-electron chi connectivity index (χ4n) is 1.23. The summed E-state index contributed by atoms with van der Waals surface area (Å²) in [6.07, 6.45) is 1.67. The second-order valence-corrected chi connectivity index (χ2v) is 5.58. The summed E-state index contributed by atoms with van der Waals surface area (Å²) >= 11 is 10.9. The molecule has 1 heterocycles. The Kier molecular flexibility index (Phi) is 4.27. The van der Waals surface area contributed by atoms with Crippen molar-refractivity contribution in [1.29, 1.82) is 0 Å². The molecule has 0 aliphatic heterocycles. The van der Waals surface area contributed by atoms with E-state index in [1.54, 1.807) is 18.0 Å². The van der Waals surface area contributed by atoms with Gasteiger partial charge in [-0.2, -0.15) is 0 Å². The summed E-state index contributed by atoms with van der Waals surface area (Å²) in [5, 5.41) is 1.66. The van der Waals surface area contributed by atoms with E-state index in [9.17, 15) is 0 Å². The first-order valence-electron chi connectivity index (χ1n) is 4.73.